The van der Waals surface area contributed by atoms with E-state index in [-0.39, 0.29) is 18.1 Å². The number of esters is 1. The number of hydrogen-bond donors (Lipinski definition) is 0. The SMILES string of the molecule is CC(=O)N1CCc2cc(C(=O)C(C)OC(=O)Cc3ccc(Cl)cc3Cl)ccc21. The van der Waals surface area contributed by atoms with Crippen LogP contribution in [0.3, 0.4) is 0 Å². The molecule has 0 fully saturated rings. The number of rotatable bonds is 5. The third kappa shape index (κ3) is 4.37. The van der Waals surface area contributed by atoms with E-state index in [9.17, 15) is 14.4 Å². The zero-order valence-corrected chi connectivity index (χ0v) is 17.0. The number of fused-ring (bicyclic) bond motifs is 1. The summed E-state index contributed by atoms with van der Waals surface area (Å²) in [5.41, 5.74) is 2.80. The fourth-order valence-corrected chi connectivity index (χ4v) is 3.71. The molecular formula is C21H19Cl2NO4. The molecule has 0 saturated heterocycles. The first-order chi connectivity index (χ1) is 13.3. The number of hydrogen-bond acceptors (Lipinski definition) is 4. The molecule has 0 radical (unpaired) electrons. The third-order valence-electron chi connectivity index (χ3n) is 4.67. The van der Waals surface area contributed by atoms with Crippen LogP contribution in [0.1, 0.15) is 35.3 Å². The number of halogens is 2. The fraction of sp³-hybridized carbons (Fsp3) is 0.286. The topological polar surface area (TPSA) is 63.7 Å². The first-order valence-corrected chi connectivity index (χ1v) is 9.60. The van der Waals surface area contributed by atoms with Crippen LogP contribution in [-0.2, 0) is 27.2 Å². The maximum atomic E-state index is 12.7. The van der Waals surface area contributed by atoms with E-state index in [1.807, 2.05) is 0 Å². The van der Waals surface area contributed by atoms with Gasteiger partial charge in [0, 0.05) is 34.8 Å². The average molecular weight is 420 g/mol. The Morgan fingerprint density at radius 1 is 1.14 bits per heavy atom. The van der Waals surface area contributed by atoms with Crippen molar-refractivity contribution < 1.29 is 19.1 Å². The van der Waals surface area contributed by atoms with Crippen molar-refractivity contribution in [3.63, 3.8) is 0 Å². The summed E-state index contributed by atoms with van der Waals surface area (Å²) in [6.07, 6.45) is -0.285. The Balaban J connectivity index is 1.66. The summed E-state index contributed by atoms with van der Waals surface area (Å²) in [5.74, 6) is -0.866. The van der Waals surface area contributed by atoms with E-state index in [1.165, 1.54) is 6.92 Å². The minimum atomic E-state index is -0.929. The summed E-state index contributed by atoms with van der Waals surface area (Å²) in [4.78, 5) is 38.2. The summed E-state index contributed by atoms with van der Waals surface area (Å²) < 4.78 is 5.29. The normalized spacial score (nSPS) is 13.8. The Bertz CT molecular complexity index is 957. The minimum absolute atomic E-state index is 0.0269. The first kappa shape index (κ1) is 20.4. The van der Waals surface area contributed by atoms with Gasteiger partial charge in [0.2, 0.25) is 11.7 Å². The van der Waals surface area contributed by atoms with E-state index in [2.05, 4.69) is 0 Å². The van der Waals surface area contributed by atoms with Crippen molar-refractivity contribution in [1.82, 2.24) is 0 Å². The van der Waals surface area contributed by atoms with Gasteiger partial charge >= 0.3 is 5.97 Å². The van der Waals surface area contributed by atoms with Crippen LogP contribution in [0.5, 0.6) is 0 Å². The molecule has 0 bridgehead atoms. The molecule has 146 valence electrons. The van der Waals surface area contributed by atoms with Crippen molar-refractivity contribution in [2.45, 2.75) is 32.8 Å². The molecule has 1 atom stereocenters. The van der Waals surface area contributed by atoms with E-state index < -0.39 is 12.1 Å². The van der Waals surface area contributed by atoms with Crippen LogP contribution < -0.4 is 4.90 Å². The van der Waals surface area contributed by atoms with Gasteiger partial charge in [0.25, 0.3) is 0 Å². The van der Waals surface area contributed by atoms with Gasteiger partial charge in [-0.15, -0.1) is 0 Å². The van der Waals surface area contributed by atoms with Crippen LogP contribution in [0.4, 0.5) is 5.69 Å². The summed E-state index contributed by atoms with van der Waals surface area (Å²) >= 11 is 11.9. The van der Waals surface area contributed by atoms with Gasteiger partial charge in [-0.3, -0.25) is 14.4 Å². The molecule has 1 amide bonds. The number of benzene rings is 2. The van der Waals surface area contributed by atoms with Crippen LogP contribution >= 0.6 is 23.2 Å². The standard InChI is InChI=1S/C21H19Cl2NO4/c1-12(28-20(26)10-14-3-5-17(22)11-18(14)23)21(27)16-4-6-19-15(9-16)7-8-24(19)13(2)25/h3-6,9,11-12H,7-8,10H2,1-2H3. The lowest BCUT2D eigenvalue weighted by atomic mass is 10.0. The molecule has 1 aliphatic rings. The van der Waals surface area contributed by atoms with Gasteiger partial charge in [0.1, 0.15) is 0 Å². The Hall–Kier alpha value is -2.37. The van der Waals surface area contributed by atoms with Crippen molar-refractivity contribution in [1.29, 1.82) is 0 Å². The highest BCUT2D eigenvalue weighted by molar-refractivity contribution is 6.35. The Morgan fingerprint density at radius 3 is 2.57 bits per heavy atom. The molecule has 1 aliphatic heterocycles. The monoisotopic (exact) mass is 419 g/mol. The van der Waals surface area contributed by atoms with Crippen molar-refractivity contribution in [2.75, 3.05) is 11.4 Å². The van der Waals surface area contributed by atoms with E-state index in [4.69, 9.17) is 27.9 Å². The Kier molecular flexibility index (Phi) is 6.06. The molecule has 1 unspecified atom stereocenters. The molecular weight excluding hydrogens is 401 g/mol. The number of nitrogens with zero attached hydrogens (tertiary/aromatic N) is 1. The highest BCUT2D eigenvalue weighted by atomic mass is 35.5. The molecule has 7 heteroatoms. The maximum Gasteiger partial charge on any atom is 0.311 e. The second-order valence-electron chi connectivity index (χ2n) is 6.67. The molecule has 2 aromatic rings. The van der Waals surface area contributed by atoms with Crippen LogP contribution in [0.25, 0.3) is 0 Å². The van der Waals surface area contributed by atoms with Gasteiger partial charge in [-0.1, -0.05) is 29.3 Å². The Labute approximate surface area is 173 Å². The van der Waals surface area contributed by atoms with Gasteiger partial charge in [0.15, 0.2) is 6.10 Å². The summed E-state index contributed by atoms with van der Waals surface area (Å²) in [6.45, 7) is 3.66. The molecule has 0 aromatic heterocycles. The highest BCUT2D eigenvalue weighted by Crippen LogP contribution is 2.29. The number of carbonyl (C=O) groups is 3. The number of ether oxygens (including phenoxy) is 1. The predicted molar refractivity (Wildman–Crippen MR) is 108 cm³/mol. The van der Waals surface area contributed by atoms with E-state index in [1.54, 1.807) is 48.2 Å². The lowest BCUT2D eigenvalue weighted by Gasteiger charge is -2.16. The van der Waals surface area contributed by atoms with Gasteiger partial charge in [-0.2, -0.15) is 0 Å². The molecule has 28 heavy (non-hydrogen) atoms. The zero-order valence-electron chi connectivity index (χ0n) is 15.5. The maximum absolute atomic E-state index is 12.7. The summed E-state index contributed by atoms with van der Waals surface area (Å²) in [7, 11) is 0. The first-order valence-electron chi connectivity index (χ1n) is 8.85. The fourth-order valence-electron chi connectivity index (χ4n) is 3.23. The molecule has 0 spiro atoms. The number of ketones is 1. The van der Waals surface area contributed by atoms with Crippen molar-refractivity contribution in [3.8, 4) is 0 Å². The third-order valence-corrected chi connectivity index (χ3v) is 5.25. The van der Waals surface area contributed by atoms with E-state index >= 15 is 0 Å². The number of Topliss-reactive ketones (excluding diaryl/α,β-unsaturated/α-hetero) is 1. The van der Waals surface area contributed by atoms with Crippen LogP contribution in [0.15, 0.2) is 36.4 Å². The molecule has 3 rings (SSSR count). The van der Waals surface area contributed by atoms with Crippen molar-refractivity contribution in [3.05, 3.63) is 63.1 Å². The average Bonchev–Trinajstić information content (AvgIpc) is 3.06. The van der Waals surface area contributed by atoms with Crippen LogP contribution in [-0.4, -0.2) is 30.3 Å². The van der Waals surface area contributed by atoms with Gasteiger partial charge < -0.3 is 9.64 Å². The van der Waals surface area contributed by atoms with Crippen molar-refractivity contribution in [2.24, 2.45) is 0 Å². The number of anilines is 1. The molecule has 0 N–H and O–H groups in total. The molecule has 0 aliphatic carbocycles. The van der Waals surface area contributed by atoms with Crippen molar-refractivity contribution >= 4 is 46.5 Å². The molecule has 1 heterocycles. The molecule has 0 saturated carbocycles. The van der Waals surface area contributed by atoms with Crippen LogP contribution in [0.2, 0.25) is 10.0 Å². The quantitative estimate of drug-likeness (QED) is 0.536. The second-order valence-corrected chi connectivity index (χ2v) is 7.52. The second kappa shape index (κ2) is 8.33. The minimum Gasteiger partial charge on any atom is -0.454 e. The highest BCUT2D eigenvalue weighted by Gasteiger charge is 2.25. The van der Waals surface area contributed by atoms with E-state index in [0.29, 0.717) is 34.1 Å². The van der Waals surface area contributed by atoms with E-state index in [0.717, 1.165) is 11.3 Å². The molecule has 5 nitrogen and oxygen atoms in total. The smallest absolute Gasteiger partial charge is 0.311 e. The summed E-state index contributed by atoms with van der Waals surface area (Å²) in [6, 6.07) is 10.0. The number of amides is 1. The van der Waals surface area contributed by atoms with Gasteiger partial charge in [-0.25, -0.2) is 0 Å². The van der Waals surface area contributed by atoms with Gasteiger partial charge in [-0.05, 0) is 54.8 Å². The lowest BCUT2D eigenvalue weighted by Crippen LogP contribution is -2.26. The summed E-state index contributed by atoms with van der Waals surface area (Å²) in [5, 5.41) is 0.850. The van der Waals surface area contributed by atoms with Gasteiger partial charge in [0.05, 0.1) is 6.42 Å². The largest absolute Gasteiger partial charge is 0.454 e. The lowest BCUT2D eigenvalue weighted by molar-refractivity contribution is -0.145. The molecule has 2 aromatic carbocycles. The van der Waals surface area contributed by atoms with Crippen LogP contribution in [0, 0.1) is 0 Å². The Morgan fingerprint density at radius 2 is 1.89 bits per heavy atom. The zero-order chi connectivity index (χ0) is 20.4. The predicted octanol–water partition coefficient (Wildman–Crippen LogP) is 4.26. The number of carbonyl (C=O) groups excluding carboxylic acids is 3.